The second-order valence-electron chi connectivity index (χ2n) is 3.68. The van der Waals surface area contributed by atoms with Crippen LogP contribution in [0.4, 0.5) is 0 Å². The van der Waals surface area contributed by atoms with Crippen molar-refractivity contribution in [1.29, 1.82) is 0 Å². The Labute approximate surface area is 88.9 Å². The molecule has 1 unspecified atom stereocenters. The predicted octanol–water partition coefficient (Wildman–Crippen LogP) is 3.46. The Kier molecular flexibility index (Phi) is 2.92. The molecule has 0 aliphatic carbocycles. The molecule has 1 atom stereocenters. The van der Waals surface area contributed by atoms with Crippen molar-refractivity contribution >= 4 is 17.5 Å². The summed E-state index contributed by atoms with van der Waals surface area (Å²) in [5, 5.41) is 0.663. The van der Waals surface area contributed by atoms with Crippen LogP contribution in [0, 0.1) is 0 Å². The molecular weight excluding hydrogens is 192 g/mol. The highest BCUT2D eigenvalue weighted by Crippen LogP contribution is 2.39. The zero-order chi connectivity index (χ0) is 9.97. The summed E-state index contributed by atoms with van der Waals surface area (Å²) in [5.41, 5.74) is 2.19. The molecule has 1 aromatic carbocycles. The van der Waals surface area contributed by atoms with E-state index in [0.717, 1.165) is 5.56 Å². The van der Waals surface area contributed by atoms with Crippen LogP contribution < -0.4 is 0 Å². The van der Waals surface area contributed by atoms with Gasteiger partial charge in [-0.15, -0.1) is 0 Å². The Morgan fingerprint density at radius 3 is 2.57 bits per heavy atom. The van der Waals surface area contributed by atoms with Crippen molar-refractivity contribution < 1.29 is 4.79 Å². The third-order valence-electron chi connectivity index (χ3n) is 2.62. The minimum atomic E-state index is 0.149. The molecule has 1 aliphatic rings. The van der Waals surface area contributed by atoms with Gasteiger partial charge in [0.2, 0.25) is 0 Å². The average molecular weight is 206 g/mol. The number of hydrogen-bond donors (Lipinski definition) is 0. The monoisotopic (exact) mass is 206 g/mol. The smallest absolute Gasteiger partial charge is 0.159 e. The van der Waals surface area contributed by atoms with Gasteiger partial charge in [-0.25, -0.2) is 0 Å². The SMILES string of the molecule is CC(=O)c1ccc(C2CCCS2)cc1. The molecule has 2 heteroatoms. The Balaban J connectivity index is 2.16. The first kappa shape index (κ1) is 9.78. The van der Waals surface area contributed by atoms with Gasteiger partial charge in [-0.1, -0.05) is 24.3 Å². The number of ketones is 1. The molecule has 0 aromatic heterocycles. The van der Waals surface area contributed by atoms with Gasteiger partial charge in [-0.05, 0) is 31.1 Å². The maximum atomic E-state index is 11.1. The van der Waals surface area contributed by atoms with E-state index < -0.39 is 0 Å². The molecule has 1 aliphatic heterocycles. The van der Waals surface area contributed by atoms with Crippen LogP contribution in [0.15, 0.2) is 24.3 Å². The first-order valence-corrected chi connectivity index (χ1v) is 6.05. The summed E-state index contributed by atoms with van der Waals surface area (Å²) in [5.74, 6) is 1.43. The molecule has 74 valence electrons. The van der Waals surface area contributed by atoms with E-state index >= 15 is 0 Å². The standard InChI is InChI=1S/C12H14OS/c1-9(13)10-4-6-11(7-5-10)12-3-2-8-14-12/h4-7,12H,2-3,8H2,1H3. The molecule has 0 spiro atoms. The number of carbonyl (C=O) groups excluding carboxylic acids is 1. The average Bonchev–Trinajstić information content (AvgIpc) is 2.71. The van der Waals surface area contributed by atoms with Gasteiger partial charge >= 0.3 is 0 Å². The van der Waals surface area contributed by atoms with Crippen molar-refractivity contribution in [3.8, 4) is 0 Å². The number of carbonyl (C=O) groups is 1. The van der Waals surface area contributed by atoms with Crippen LogP contribution in [0.5, 0.6) is 0 Å². The van der Waals surface area contributed by atoms with Gasteiger partial charge in [0.05, 0.1) is 0 Å². The van der Waals surface area contributed by atoms with Crippen LogP contribution in [0.3, 0.4) is 0 Å². The van der Waals surface area contributed by atoms with Crippen molar-refractivity contribution in [2.75, 3.05) is 5.75 Å². The zero-order valence-electron chi connectivity index (χ0n) is 8.32. The lowest BCUT2D eigenvalue weighted by Gasteiger charge is -2.08. The Morgan fingerprint density at radius 1 is 1.36 bits per heavy atom. The van der Waals surface area contributed by atoms with Crippen molar-refractivity contribution in [3.63, 3.8) is 0 Å². The number of hydrogen-bond acceptors (Lipinski definition) is 2. The topological polar surface area (TPSA) is 17.1 Å². The van der Waals surface area contributed by atoms with Crippen molar-refractivity contribution in [3.05, 3.63) is 35.4 Å². The molecule has 0 bridgehead atoms. The van der Waals surface area contributed by atoms with E-state index in [9.17, 15) is 4.79 Å². The van der Waals surface area contributed by atoms with Gasteiger partial charge in [0.25, 0.3) is 0 Å². The Morgan fingerprint density at radius 2 is 2.07 bits per heavy atom. The van der Waals surface area contributed by atoms with Gasteiger partial charge in [-0.2, -0.15) is 11.8 Å². The number of Topliss-reactive ketones (excluding diaryl/α,β-unsaturated/α-hetero) is 1. The van der Waals surface area contributed by atoms with E-state index in [2.05, 4.69) is 12.1 Å². The van der Waals surface area contributed by atoms with Gasteiger partial charge < -0.3 is 0 Å². The minimum Gasteiger partial charge on any atom is -0.295 e. The molecule has 0 saturated carbocycles. The first-order valence-electron chi connectivity index (χ1n) is 5.00. The van der Waals surface area contributed by atoms with Crippen LogP contribution in [0.1, 0.15) is 40.9 Å². The van der Waals surface area contributed by atoms with Crippen LogP contribution in [-0.4, -0.2) is 11.5 Å². The lowest BCUT2D eigenvalue weighted by Crippen LogP contribution is -1.93. The second-order valence-corrected chi connectivity index (χ2v) is 4.99. The molecule has 14 heavy (non-hydrogen) atoms. The van der Waals surface area contributed by atoms with Gasteiger partial charge in [0.1, 0.15) is 0 Å². The largest absolute Gasteiger partial charge is 0.295 e. The van der Waals surface area contributed by atoms with Crippen LogP contribution >= 0.6 is 11.8 Å². The zero-order valence-corrected chi connectivity index (χ0v) is 9.14. The van der Waals surface area contributed by atoms with Crippen molar-refractivity contribution in [2.24, 2.45) is 0 Å². The van der Waals surface area contributed by atoms with E-state index in [1.165, 1.54) is 24.2 Å². The Hall–Kier alpha value is -0.760. The summed E-state index contributed by atoms with van der Waals surface area (Å²) < 4.78 is 0. The van der Waals surface area contributed by atoms with Gasteiger partial charge in [0, 0.05) is 10.8 Å². The van der Waals surface area contributed by atoms with E-state index in [0.29, 0.717) is 5.25 Å². The van der Waals surface area contributed by atoms with E-state index in [4.69, 9.17) is 0 Å². The molecule has 1 aromatic rings. The van der Waals surface area contributed by atoms with E-state index in [1.807, 2.05) is 23.9 Å². The van der Waals surface area contributed by atoms with Crippen LogP contribution in [-0.2, 0) is 0 Å². The number of thioether (sulfide) groups is 1. The predicted molar refractivity (Wildman–Crippen MR) is 60.9 cm³/mol. The fourth-order valence-electron chi connectivity index (χ4n) is 1.77. The summed E-state index contributed by atoms with van der Waals surface area (Å²) in [6, 6.07) is 8.08. The molecule has 1 saturated heterocycles. The highest BCUT2D eigenvalue weighted by molar-refractivity contribution is 7.99. The third kappa shape index (κ3) is 2.01. The van der Waals surface area contributed by atoms with Crippen molar-refractivity contribution in [1.82, 2.24) is 0 Å². The fourth-order valence-corrected chi connectivity index (χ4v) is 3.07. The number of benzene rings is 1. The second kappa shape index (κ2) is 4.18. The molecule has 1 heterocycles. The van der Waals surface area contributed by atoms with E-state index in [1.54, 1.807) is 6.92 Å². The molecule has 0 radical (unpaired) electrons. The molecule has 2 rings (SSSR count). The number of rotatable bonds is 2. The fraction of sp³-hybridized carbons (Fsp3) is 0.417. The molecule has 0 amide bonds. The quantitative estimate of drug-likeness (QED) is 0.689. The molecule has 0 N–H and O–H groups in total. The summed E-state index contributed by atoms with van der Waals surface area (Å²) in [4.78, 5) is 11.1. The summed E-state index contributed by atoms with van der Waals surface area (Å²) in [7, 11) is 0. The maximum Gasteiger partial charge on any atom is 0.159 e. The highest BCUT2D eigenvalue weighted by atomic mass is 32.2. The molecular formula is C12H14OS. The summed E-state index contributed by atoms with van der Waals surface area (Å²) in [6.07, 6.45) is 2.61. The van der Waals surface area contributed by atoms with Crippen molar-refractivity contribution in [2.45, 2.75) is 25.0 Å². The summed E-state index contributed by atoms with van der Waals surface area (Å²) >= 11 is 2.02. The van der Waals surface area contributed by atoms with Crippen LogP contribution in [0.25, 0.3) is 0 Å². The molecule has 1 nitrogen and oxygen atoms in total. The Bertz CT molecular complexity index is 323. The van der Waals surface area contributed by atoms with Gasteiger partial charge in [-0.3, -0.25) is 4.79 Å². The maximum absolute atomic E-state index is 11.1. The third-order valence-corrected chi connectivity index (χ3v) is 4.05. The highest BCUT2D eigenvalue weighted by Gasteiger charge is 2.17. The molecule has 1 fully saturated rings. The minimum absolute atomic E-state index is 0.149. The summed E-state index contributed by atoms with van der Waals surface area (Å²) in [6.45, 7) is 1.61. The lowest BCUT2D eigenvalue weighted by molar-refractivity contribution is 0.101. The van der Waals surface area contributed by atoms with Crippen LogP contribution in [0.2, 0.25) is 0 Å². The normalized spacial score (nSPS) is 21.1. The lowest BCUT2D eigenvalue weighted by atomic mass is 10.0. The van der Waals surface area contributed by atoms with E-state index in [-0.39, 0.29) is 5.78 Å². The first-order chi connectivity index (χ1) is 6.77. The van der Waals surface area contributed by atoms with Gasteiger partial charge in [0.15, 0.2) is 5.78 Å².